The number of hydrogen-bond donors (Lipinski definition) is 4. The van der Waals surface area contributed by atoms with E-state index in [0.717, 1.165) is 29.4 Å². The van der Waals surface area contributed by atoms with Crippen molar-refractivity contribution in [3.63, 3.8) is 0 Å². The van der Waals surface area contributed by atoms with Gasteiger partial charge in [0.05, 0.1) is 24.0 Å². The van der Waals surface area contributed by atoms with Crippen LogP contribution in [0.5, 0.6) is 11.5 Å². The number of hydrogen-bond acceptors (Lipinski definition) is 7. The summed E-state index contributed by atoms with van der Waals surface area (Å²) in [6.07, 6.45) is 0.783. The van der Waals surface area contributed by atoms with Gasteiger partial charge in [0.15, 0.2) is 0 Å². The largest absolute Gasteiger partial charge is 0.508 e. The zero-order chi connectivity index (χ0) is 26.3. The summed E-state index contributed by atoms with van der Waals surface area (Å²) in [5.74, 6) is -0.305. The number of phenolic OH excluding ortho intramolecular Hbond substituents is 1. The predicted octanol–water partition coefficient (Wildman–Crippen LogP) is 3.40. The molecule has 0 saturated heterocycles. The van der Waals surface area contributed by atoms with E-state index in [1.807, 2.05) is 42.8 Å². The van der Waals surface area contributed by atoms with Gasteiger partial charge in [-0.25, -0.2) is 13.1 Å². The fourth-order valence-electron chi connectivity index (χ4n) is 3.65. The van der Waals surface area contributed by atoms with Gasteiger partial charge >= 0.3 is 0 Å². The van der Waals surface area contributed by atoms with Gasteiger partial charge in [-0.2, -0.15) is 0 Å². The maximum Gasteiger partial charge on any atom is 0.268 e. The van der Waals surface area contributed by atoms with Crippen LogP contribution in [0.25, 0.3) is 11.1 Å². The number of aliphatic hydroxyl groups is 1. The van der Waals surface area contributed by atoms with Gasteiger partial charge in [0.1, 0.15) is 11.5 Å². The molecule has 0 aromatic heterocycles. The first kappa shape index (κ1) is 27.2. The molecule has 9 heteroatoms. The minimum absolute atomic E-state index is 0.126. The standard InChI is InChI=1S/C27H32N2O6S/c1-18(2)35-26-16-21(11-12-24(26)27(32)29-36(3,33)34)20-9-7-19(8-10-20)13-14-28-17-25(31)22-5-4-6-23(30)15-22/h4-12,15-16,18,25,28,30-31H,13-14,17H2,1-3H3,(H,29,32)/t25-/m1/s1. The number of carbonyl (C=O) groups excluding carboxylic acids is 1. The van der Waals surface area contributed by atoms with Gasteiger partial charge < -0.3 is 20.3 Å². The Morgan fingerprint density at radius 2 is 1.69 bits per heavy atom. The van der Waals surface area contributed by atoms with Gasteiger partial charge in [-0.15, -0.1) is 0 Å². The summed E-state index contributed by atoms with van der Waals surface area (Å²) in [5, 5.41) is 23.0. The lowest BCUT2D eigenvalue weighted by atomic mass is 10.0. The summed E-state index contributed by atoms with van der Waals surface area (Å²) in [5.41, 5.74) is 3.68. The number of aliphatic hydroxyl groups excluding tert-OH is 1. The number of sulfonamides is 1. The van der Waals surface area contributed by atoms with E-state index in [1.54, 1.807) is 42.5 Å². The van der Waals surface area contributed by atoms with E-state index < -0.39 is 22.0 Å². The van der Waals surface area contributed by atoms with Crippen LogP contribution < -0.4 is 14.8 Å². The smallest absolute Gasteiger partial charge is 0.268 e. The fourth-order valence-corrected chi connectivity index (χ4v) is 4.10. The van der Waals surface area contributed by atoms with Crippen molar-refractivity contribution in [3.8, 4) is 22.6 Å². The van der Waals surface area contributed by atoms with E-state index in [0.29, 0.717) is 24.4 Å². The van der Waals surface area contributed by atoms with Crippen molar-refractivity contribution in [3.05, 3.63) is 83.4 Å². The minimum atomic E-state index is -3.70. The molecule has 3 rings (SSSR count). The molecule has 3 aromatic carbocycles. The zero-order valence-electron chi connectivity index (χ0n) is 20.6. The number of phenols is 1. The molecule has 0 saturated carbocycles. The van der Waals surface area contributed by atoms with Crippen LogP contribution in [0.1, 0.15) is 41.4 Å². The third-order valence-corrected chi connectivity index (χ3v) is 5.89. The van der Waals surface area contributed by atoms with Crippen LogP contribution in [0, 0.1) is 0 Å². The van der Waals surface area contributed by atoms with Crippen LogP contribution >= 0.6 is 0 Å². The molecule has 36 heavy (non-hydrogen) atoms. The highest BCUT2D eigenvalue weighted by Crippen LogP contribution is 2.29. The van der Waals surface area contributed by atoms with Gasteiger partial charge in [-0.3, -0.25) is 4.79 Å². The first-order valence-corrected chi connectivity index (χ1v) is 13.5. The van der Waals surface area contributed by atoms with E-state index >= 15 is 0 Å². The molecule has 0 aliphatic carbocycles. The van der Waals surface area contributed by atoms with Gasteiger partial charge in [-0.05, 0) is 73.3 Å². The number of benzene rings is 3. The van der Waals surface area contributed by atoms with Gasteiger partial charge in [0.25, 0.3) is 5.91 Å². The van der Waals surface area contributed by atoms with Gasteiger partial charge in [0.2, 0.25) is 10.0 Å². The van der Waals surface area contributed by atoms with Gasteiger partial charge in [0, 0.05) is 6.54 Å². The Balaban J connectivity index is 1.63. The topological polar surface area (TPSA) is 125 Å². The van der Waals surface area contributed by atoms with E-state index in [9.17, 15) is 23.4 Å². The van der Waals surface area contributed by atoms with E-state index in [2.05, 4.69) is 5.32 Å². The number of nitrogens with one attached hydrogen (secondary N) is 2. The molecule has 0 spiro atoms. The highest BCUT2D eigenvalue weighted by molar-refractivity contribution is 7.89. The normalized spacial score (nSPS) is 12.4. The Bertz CT molecular complexity index is 1290. The lowest BCUT2D eigenvalue weighted by molar-refractivity contribution is 0.0976. The Morgan fingerprint density at radius 3 is 2.33 bits per heavy atom. The molecule has 0 radical (unpaired) electrons. The Labute approximate surface area is 212 Å². The molecule has 192 valence electrons. The molecule has 0 fully saturated rings. The molecular formula is C27H32N2O6S. The minimum Gasteiger partial charge on any atom is -0.508 e. The monoisotopic (exact) mass is 512 g/mol. The average molecular weight is 513 g/mol. The Hall–Kier alpha value is -3.40. The van der Waals surface area contributed by atoms with Crippen LogP contribution in [0.2, 0.25) is 0 Å². The summed E-state index contributed by atoms with van der Waals surface area (Å²) < 4.78 is 30.7. The second-order valence-electron chi connectivity index (χ2n) is 8.84. The molecule has 0 aliphatic heterocycles. The lowest BCUT2D eigenvalue weighted by Crippen LogP contribution is -2.30. The highest BCUT2D eigenvalue weighted by atomic mass is 32.2. The Morgan fingerprint density at radius 1 is 1.00 bits per heavy atom. The summed E-state index contributed by atoms with van der Waals surface area (Å²) in [6, 6.07) is 19.6. The Kier molecular flexibility index (Phi) is 9.08. The highest BCUT2D eigenvalue weighted by Gasteiger charge is 2.18. The molecule has 8 nitrogen and oxygen atoms in total. The van der Waals surface area contributed by atoms with Crippen molar-refractivity contribution in [2.45, 2.75) is 32.5 Å². The molecule has 1 amide bonds. The second kappa shape index (κ2) is 12.0. The van der Waals surface area contributed by atoms with Crippen LogP contribution in [0.4, 0.5) is 0 Å². The predicted molar refractivity (Wildman–Crippen MR) is 140 cm³/mol. The molecule has 0 bridgehead atoms. The quantitative estimate of drug-likeness (QED) is 0.290. The number of aromatic hydroxyl groups is 1. The van der Waals surface area contributed by atoms with Crippen LogP contribution in [0.3, 0.4) is 0 Å². The fraction of sp³-hybridized carbons (Fsp3) is 0.296. The zero-order valence-corrected chi connectivity index (χ0v) is 21.4. The molecule has 0 unspecified atom stereocenters. The van der Waals surface area contributed by atoms with Crippen LogP contribution in [0.15, 0.2) is 66.7 Å². The van der Waals surface area contributed by atoms with Crippen LogP contribution in [-0.2, 0) is 16.4 Å². The van der Waals surface area contributed by atoms with Crippen molar-refractivity contribution in [2.75, 3.05) is 19.3 Å². The van der Waals surface area contributed by atoms with Gasteiger partial charge in [-0.1, -0.05) is 42.5 Å². The lowest BCUT2D eigenvalue weighted by Gasteiger charge is -2.16. The third kappa shape index (κ3) is 8.08. The van der Waals surface area contributed by atoms with Crippen LogP contribution in [-0.4, -0.2) is 50.0 Å². The van der Waals surface area contributed by atoms with Crippen molar-refractivity contribution in [1.29, 1.82) is 0 Å². The number of rotatable bonds is 11. The van der Waals surface area contributed by atoms with Crippen molar-refractivity contribution in [1.82, 2.24) is 10.0 Å². The molecule has 0 heterocycles. The maximum absolute atomic E-state index is 12.4. The average Bonchev–Trinajstić information content (AvgIpc) is 2.80. The number of carbonyl (C=O) groups is 1. The van der Waals surface area contributed by atoms with E-state index in [-0.39, 0.29) is 17.4 Å². The van der Waals surface area contributed by atoms with E-state index in [4.69, 9.17) is 4.74 Å². The third-order valence-electron chi connectivity index (χ3n) is 5.34. The second-order valence-corrected chi connectivity index (χ2v) is 10.6. The molecule has 1 atom stereocenters. The summed E-state index contributed by atoms with van der Waals surface area (Å²) in [7, 11) is -3.70. The van der Waals surface area contributed by atoms with E-state index in [1.165, 1.54) is 0 Å². The number of ether oxygens (including phenoxy) is 1. The molecule has 3 aromatic rings. The maximum atomic E-state index is 12.4. The SMILES string of the molecule is CC(C)Oc1cc(-c2ccc(CCNC[C@@H](O)c3cccc(O)c3)cc2)ccc1C(=O)NS(C)(=O)=O. The summed E-state index contributed by atoms with van der Waals surface area (Å²) in [4.78, 5) is 12.4. The van der Waals surface area contributed by atoms with Crippen molar-refractivity contribution >= 4 is 15.9 Å². The molecular weight excluding hydrogens is 480 g/mol. The first-order valence-electron chi connectivity index (χ1n) is 11.6. The van der Waals surface area contributed by atoms with Crippen molar-refractivity contribution in [2.24, 2.45) is 0 Å². The first-order chi connectivity index (χ1) is 17.0. The molecule has 4 N–H and O–H groups in total. The summed E-state index contributed by atoms with van der Waals surface area (Å²) in [6.45, 7) is 4.71. The number of amides is 1. The molecule has 0 aliphatic rings. The summed E-state index contributed by atoms with van der Waals surface area (Å²) >= 11 is 0. The van der Waals surface area contributed by atoms with Crippen molar-refractivity contribution < 1.29 is 28.2 Å².